The van der Waals surface area contributed by atoms with Crippen LogP contribution in [-0.2, 0) is 11.8 Å². The average molecular weight is 383 g/mol. The normalized spacial score (nSPS) is 17.5. The smallest absolute Gasteiger partial charge is 0.410 e. The summed E-state index contributed by atoms with van der Waals surface area (Å²) in [5, 5.41) is 9.21. The van der Waals surface area contributed by atoms with E-state index in [1.54, 1.807) is 30.1 Å². The topological polar surface area (TPSA) is 91.5 Å². The second-order valence-electron chi connectivity index (χ2n) is 8.07. The van der Waals surface area contributed by atoms with Crippen LogP contribution in [0.2, 0.25) is 0 Å². The van der Waals surface area contributed by atoms with Crippen LogP contribution in [-0.4, -0.2) is 51.8 Å². The summed E-state index contributed by atoms with van der Waals surface area (Å²) in [5.41, 5.74) is 1.58. The number of hydrogen-bond acceptors (Lipinski definition) is 6. The molecular formula is C20H25N5O3. The molecule has 1 fully saturated rings. The van der Waals surface area contributed by atoms with Crippen molar-refractivity contribution in [3.63, 3.8) is 0 Å². The van der Waals surface area contributed by atoms with Gasteiger partial charge in [0.15, 0.2) is 0 Å². The minimum atomic E-state index is -0.545. The van der Waals surface area contributed by atoms with E-state index in [0.717, 1.165) is 0 Å². The number of nitrogens with zero attached hydrogens (tertiary/aromatic N) is 5. The first-order valence-corrected chi connectivity index (χ1v) is 9.26. The molecule has 28 heavy (non-hydrogen) atoms. The van der Waals surface area contributed by atoms with Crippen molar-refractivity contribution in [1.82, 2.24) is 14.5 Å². The van der Waals surface area contributed by atoms with Crippen molar-refractivity contribution in [3.05, 3.63) is 34.2 Å². The molecule has 1 aliphatic rings. The molecular weight excluding hydrogens is 358 g/mol. The van der Waals surface area contributed by atoms with Crippen molar-refractivity contribution in [2.75, 3.05) is 24.5 Å². The van der Waals surface area contributed by atoms with E-state index in [1.807, 2.05) is 27.7 Å². The van der Waals surface area contributed by atoms with Gasteiger partial charge in [0.2, 0.25) is 0 Å². The summed E-state index contributed by atoms with van der Waals surface area (Å²) in [5.74, 6) is 0. The monoisotopic (exact) mass is 383 g/mol. The molecule has 1 saturated heterocycles. The number of nitriles is 1. The molecule has 2 aromatic rings. The number of carbonyl (C=O) groups excluding carboxylic acids is 1. The van der Waals surface area contributed by atoms with E-state index in [4.69, 9.17) is 4.74 Å². The van der Waals surface area contributed by atoms with Crippen molar-refractivity contribution in [2.45, 2.75) is 39.3 Å². The van der Waals surface area contributed by atoms with Gasteiger partial charge >= 0.3 is 6.09 Å². The van der Waals surface area contributed by atoms with Gasteiger partial charge < -0.3 is 19.1 Å². The molecule has 0 aromatic carbocycles. The van der Waals surface area contributed by atoms with E-state index in [9.17, 15) is 14.9 Å². The molecule has 148 valence electrons. The quantitative estimate of drug-likeness (QED) is 0.750. The SMILES string of the molecule is C[C@H]1CN(C(=O)OC(C)(C)C)CCN1c1cc(=O)n(C)c2ccc(C#N)nc12. The highest BCUT2D eigenvalue weighted by molar-refractivity contribution is 5.89. The summed E-state index contributed by atoms with van der Waals surface area (Å²) in [7, 11) is 1.69. The highest BCUT2D eigenvalue weighted by Gasteiger charge is 2.31. The van der Waals surface area contributed by atoms with Crippen molar-refractivity contribution < 1.29 is 9.53 Å². The van der Waals surface area contributed by atoms with Crippen LogP contribution in [0.1, 0.15) is 33.4 Å². The third kappa shape index (κ3) is 3.79. The van der Waals surface area contributed by atoms with Gasteiger partial charge in [-0.1, -0.05) is 0 Å². The van der Waals surface area contributed by atoms with Gasteiger partial charge in [0.25, 0.3) is 5.56 Å². The second kappa shape index (κ2) is 7.15. The van der Waals surface area contributed by atoms with Crippen LogP contribution in [0.3, 0.4) is 0 Å². The van der Waals surface area contributed by atoms with Crippen LogP contribution in [0.25, 0.3) is 11.0 Å². The Hall–Kier alpha value is -3.08. The maximum atomic E-state index is 12.4. The summed E-state index contributed by atoms with van der Waals surface area (Å²) in [6.45, 7) is 9.02. The minimum Gasteiger partial charge on any atom is -0.444 e. The Bertz CT molecular complexity index is 1020. The third-order valence-electron chi connectivity index (χ3n) is 4.77. The van der Waals surface area contributed by atoms with E-state index < -0.39 is 5.60 Å². The number of ether oxygens (including phenoxy) is 1. The zero-order valence-corrected chi connectivity index (χ0v) is 16.9. The third-order valence-corrected chi connectivity index (χ3v) is 4.77. The lowest BCUT2D eigenvalue weighted by Crippen LogP contribution is -2.54. The number of rotatable bonds is 1. The summed E-state index contributed by atoms with van der Waals surface area (Å²) in [6.07, 6.45) is -0.335. The second-order valence-corrected chi connectivity index (χ2v) is 8.07. The van der Waals surface area contributed by atoms with Crippen molar-refractivity contribution >= 4 is 22.8 Å². The Morgan fingerprint density at radius 2 is 2.04 bits per heavy atom. The lowest BCUT2D eigenvalue weighted by molar-refractivity contribution is 0.0219. The fourth-order valence-electron chi connectivity index (χ4n) is 3.40. The first-order valence-electron chi connectivity index (χ1n) is 9.26. The first-order chi connectivity index (χ1) is 13.1. The highest BCUT2D eigenvalue weighted by atomic mass is 16.6. The van der Waals surface area contributed by atoms with Gasteiger partial charge in [0.05, 0.1) is 11.2 Å². The summed E-state index contributed by atoms with van der Waals surface area (Å²) in [4.78, 5) is 33.0. The Morgan fingerprint density at radius 1 is 1.32 bits per heavy atom. The summed E-state index contributed by atoms with van der Waals surface area (Å²) >= 11 is 0. The van der Waals surface area contributed by atoms with Gasteiger partial charge in [-0.25, -0.2) is 9.78 Å². The maximum Gasteiger partial charge on any atom is 0.410 e. The molecule has 1 atom stereocenters. The molecule has 2 aromatic heterocycles. The Labute approximate surface area is 163 Å². The van der Waals surface area contributed by atoms with E-state index in [1.165, 1.54) is 4.57 Å². The van der Waals surface area contributed by atoms with Crippen LogP contribution in [0.4, 0.5) is 10.5 Å². The van der Waals surface area contributed by atoms with E-state index in [-0.39, 0.29) is 17.7 Å². The molecule has 8 nitrogen and oxygen atoms in total. The number of carbonyl (C=O) groups is 1. The van der Waals surface area contributed by atoms with Crippen LogP contribution in [0.15, 0.2) is 23.0 Å². The molecule has 3 rings (SSSR count). The van der Waals surface area contributed by atoms with Gasteiger partial charge in [-0.2, -0.15) is 5.26 Å². The Kier molecular flexibility index (Phi) is 5.02. The first kappa shape index (κ1) is 19.7. The summed E-state index contributed by atoms with van der Waals surface area (Å²) < 4.78 is 6.99. The molecule has 0 N–H and O–H groups in total. The average Bonchev–Trinajstić information content (AvgIpc) is 2.63. The van der Waals surface area contributed by atoms with Crippen LogP contribution in [0, 0.1) is 11.3 Å². The molecule has 0 spiro atoms. The Balaban J connectivity index is 1.94. The zero-order chi connectivity index (χ0) is 20.6. The van der Waals surface area contributed by atoms with E-state index in [0.29, 0.717) is 42.0 Å². The molecule has 0 aliphatic carbocycles. The number of anilines is 1. The maximum absolute atomic E-state index is 12.4. The molecule has 0 bridgehead atoms. The van der Waals surface area contributed by atoms with Gasteiger partial charge in [-0.05, 0) is 39.8 Å². The predicted molar refractivity (Wildman–Crippen MR) is 106 cm³/mol. The van der Waals surface area contributed by atoms with Crippen LogP contribution in [0.5, 0.6) is 0 Å². The molecule has 1 amide bonds. The lowest BCUT2D eigenvalue weighted by atomic mass is 10.1. The molecule has 1 aliphatic heterocycles. The van der Waals surface area contributed by atoms with Crippen LogP contribution >= 0.6 is 0 Å². The fraction of sp³-hybridized carbons (Fsp3) is 0.500. The molecule has 3 heterocycles. The Morgan fingerprint density at radius 3 is 2.64 bits per heavy atom. The van der Waals surface area contributed by atoms with E-state index >= 15 is 0 Å². The van der Waals surface area contributed by atoms with Gasteiger partial charge in [-0.3, -0.25) is 4.79 Å². The number of pyridine rings is 2. The lowest BCUT2D eigenvalue weighted by Gasteiger charge is -2.41. The van der Waals surface area contributed by atoms with Crippen molar-refractivity contribution in [3.8, 4) is 6.07 Å². The zero-order valence-electron chi connectivity index (χ0n) is 16.9. The number of fused-ring (bicyclic) bond motifs is 1. The molecule has 0 radical (unpaired) electrons. The number of hydrogen-bond donors (Lipinski definition) is 0. The highest BCUT2D eigenvalue weighted by Crippen LogP contribution is 2.27. The van der Waals surface area contributed by atoms with Crippen molar-refractivity contribution in [1.29, 1.82) is 5.26 Å². The van der Waals surface area contributed by atoms with Crippen molar-refractivity contribution in [2.24, 2.45) is 7.05 Å². The molecule has 0 unspecified atom stereocenters. The predicted octanol–water partition coefficient (Wildman–Crippen LogP) is 2.25. The number of amides is 1. The van der Waals surface area contributed by atoms with E-state index in [2.05, 4.69) is 16.0 Å². The number of piperazine rings is 1. The minimum absolute atomic E-state index is 0.0379. The number of aromatic nitrogens is 2. The van der Waals surface area contributed by atoms with Gasteiger partial charge in [0, 0.05) is 38.8 Å². The molecule has 8 heteroatoms. The largest absolute Gasteiger partial charge is 0.444 e. The number of aryl methyl sites for hydroxylation is 1. The fourth-order valence-corrected chi connectivity index (χ4v) is 3.40. The van der Waals surface area contributed by atoms with Gasteiger partial charge in [0.1, 0.15) is 22.9 Å². The van der Waals surface area contributed by atoms with Crippen LogP contribution < -0.4 is 10.5 Å². The van der Waals surface area contributed by atoms with Gasteiger partial charge in [-0.15, -0.1) is 0 Å². The summed E-state index contributed by atoms with van der Waals surface area (Å²) in [6, 6.07) is 6.92. The molecule has 0 saturated carbocycles. The standard InChI is InChI=1S/C20H25N5O3/c1-13-12-24(19(27)28-20(2,3)4)8-9-25(13)16-10-17(26)23(5)15-7-6-14(11-21)22-18(15)16/h6-7,10,13H,8-9,12H2,1-5H3/t13-/m0/s1.